The molecule has 1 fully saturated rings. The van der Waals surface area contributed by atoms with Gasteiger partial charge in [0, 0.05) is 22.7 Å². The van der Waals surface area contributed by atoms with E-state index < -0.39 is 10.0 Å². The Balaban J connectivity index is 2.16. The van der Waals surface area contributed by atoms with Crippen molar-refractivity contribution in [2.75, 3.05) is 5.75 Å². The molecule has 2 rings (SSSR count). The number of sulfonamides is 1. The van der Waals surface area contributed by atoms with Gasteiger partial charge in [-0.15, -0.1) is 11.3 Å². The van der Waals surface area contributed by atoms with Gasteiger partial charge in [-0.05, 0) is 40.6 Å². The zero-order valence-electron chi connectivity index (χ0n) is 11.3. The number of hydrogen-bond donors (Lipinski definition) is 2. The summed E-state index contributed by atoms with van der Waals surface area (Å²) in [5.41, 5.74) is 5.57. The summed E-state index contributed by atoms with van der Waals surface area (Å²) in [4.78, 5) is 1.18. The maximum atomic E-state index is 12.5. The summed E-state index contributed by atoms with van der Waals surface area (Å²) in [6.45, 7) is 2.47. The lowest BCUT2D eigenvalue weighted by atomic mass is 10.3. The number of nitrogens with two attached hydrogens (primary N) is 1. The highest BCUT2D eigenvalue weighted by atomic mass is 79.9. The third kappa shape index (κ3) is 3.78. The topological polar surface area (TPSA) is 72.2 Å². The van der Waals surface area contributed by atoms with Crippen molar-refractivity contribution in [1.82, 2.24) is 4.72 Å². The van der Waals surface area contributed by atoms with Crippen molar-refractivity contribution in [1.29, 1.82) is 0 Å². The van der Waals surface area contributed by atoms with Crippen molar-refractivity contribution >= 4 is 49.1 Å². The van der Waals surface area contributed by atoms with Crippen molar-refractivity contribution in [2.24, 2.45) is 5.73 Å². The van der Waals surface area contributed by atoms with Crippen LogP contribution in [0.2, 0.25) is 0 Å². The standard InChI is InChI=1S/C12H19BrN2O2S3/c1-2-18-10-5-3-4-9(10)15-20(16,17)11-6-8(7-14)19-12(11)13/h6,9-10,15H,2-5,7,14H2,1H3. The Morgan fingerprint density at radius 2 is 2.30 bits per heavy atom. The molecule has 0 aliphatic heterocycles. The Hall–Kier alpha value is 0.400. The lowest BCUT2D eigenvalue weighted by molar-refractivity contribution is 0.555. The van der Waals surface area contributed by atoms with Gasteiger partial charge in [0.15, 0.2) is 0 Å². The maximum Gasteiger partial charge on any atom is 0.242 e. The molecule has 0 saturated heterocycles. The van der Waals surface area contributed by atoms with Crippen LogP contribution in [0.15, 0.2) is 14.7 Å². The molecule has 0 amide bonds. The molecule has 8 heteroatoms. The normalized spacial score (nSPS) is 23.4. The van der Waals surface area contributed by atoms with Gasteiger partial charge in [-0.1, -0.05) is 13.3 Å². The molecule has 0 aromatic carbocycles. The minimum Gasteiger partial charge on any atom is -0.326 e. The van der Waals surface area contributed by atoms with E-state index in [0.717, 1.165) is 29.9 Å². The lowest BCUT2D eigenvalue weighted by Crippen LogP contribution is -2.38. The summed E-state index contributed by atoms with van der Waals surface area (Å²) >= 11 is 6.55. The minimum atomic E-state index is -3.47. The molecule has 4 nitrogen and oxygen atoms in total. The number of hydrogen-bond acceptors (Lipinski definition) is 5. The van der Waals surface area contributed by atoms with E-state index >= 15 is 0 Å². The Morgan fingerprint density at radius 1 is 1.55 bits per heavy atom. The first-order valence-electron chi connectivity index (χ1n) is 6.60. The second-order valence-electron chi connectivity index (χ2n) is 4.71. The molecule has 20 heavy (non-hydrogen) atoms. The number of halogens is 1. The predicted molar refractivity (Wildman–Crippen MR) is 89.8 cm³/mol. The molecule has 1 saturated carbocycles. The fraction of sp³-hybridized carbons (Fsp3) is 0.667. The smallest absolute Gasteiger partial charge is 0.242 e. The van der Waals surface area contributed by atoms with Crippen molar-refractivity contribution in [2.45, 2.75) is 48.9 Å². The third-order valence-electron chi connectivity index (χ3n) is 3.34. The first-order chi connectivity index (χ1) is 9.47. The number of nitrogens with one attached hydrogen (secondary N) is 1. The van der Waals surface area contributed by atoms with Crippen LogP contribution in [0.5, 0.6) is 0 Å². The molecule has 1 heterocycles. The average Bonchev–Trinajstić information content (AvgIpc) is 2.97. The van der Waals surface area contributed by atoms with Crippen LogP contribution in [0.1, 0.15) is 31.1 Å². The summed E-state index contributed by atoms with van der Waals surface area (Å²) in [6, 6.07) is 1.70. The van der Waals surface area contributed by atoms with Gasteiger partial charge in [0.05, 0.1) is 3.79 Å². The Bertz CT molecular complexity index is 559. The van der Waals surface area contributed by atoms with Gasteiger partial charge in [-0.25, -0.2) is 13.1 Å². The summed E-state index contributed by atoms with van der Waals surface area (Å²) in [7, 11) is -3.47. The summed E-state index contributed by atoms with van der Waals surface area (Å²) in [6.07, 6.45) is 3.09. The van der Waals surface area contributed by atoms with E-state index in [-0.39, 0.29) is 6.04 Å². The van der Waals surface area contributed by atoms with Crippen molar-refractivity contribution < 1.29 is 8.42 Å². The van der Waals surface area contributed by atoms with E-state index in [0.29, 0.717) is 20.5 Å². The molecule has 0 radical (unpaired) electrons. The van der Waals surface area contributed by atoms with Crippen LogP contribution >= 0.6 is 39.0 Å². The fourth-order valence-corrected chi connectivity index (χ4v) is 7.58. The van der Waals surface area contributed by atoms with E-state index in [4.69, 9.17) is 5.73 Å². The fourth-order valence-electron chi connectivity index (χ4n) is 2.42. The highest BCUT2D eigenvalue weighted by molar-refractivity contribution is 9.11. The van der Waals surface area contributed by atoms with Gasteiger partial charge in [-0.2, -0.15) is 11.8 Å². The van der Waals surface area contributed by atoms with E-state index in [2.05, 4.69) is 27.6 Å². The molecule has 1 aromatic rings. The third-order valence-corrected chi connectivity index (χ3v) is 8.43. The van der Waals surface area contributed by atoms with Crippen LogP contribution in [0.25, 0.3) is 0 Å². The van der Waals surface area contributed by atoms with E-state index in [9.17, 15) is 8.42 Å². The van der Waals surface area contributed by atoms with E-state index in [1.165, 1.54) is 11.3 Å². The number of rotatable bonds is 6. The highest BCUT2D eigenvalue weighted by Gasteiger charge is 2.32. The molecular formula is C12H19BrN2O2S3. The quantitative estimate of drug-likeness (QED) is 0.772. The van der Waals surface area contributed by atoms with E-state index in [1.807, 2.05) is 11.8 Å². The van der Waals surface area contributed by atoms with Crippen LogP contribution in [0, 0.1) is 0 Å². The zero-order valence-corrected chi connectivity index (χ0v) is 15.3. The summed E-state index contributed by atoms with van der Waals surface area (Å²) < 4.78 is 28.5. The predicted octanol–water partition coefficient (Wildman–Crippen LogP) is 2.92. The summed E-state index contributed by atoms with van der Waals surface area (Å²) in [5.74, 6) is 1.02. The second kappa shape index (κ2) is 7.11. The molecule has 1 aromatic heterocycles. The molecule has 1 aliphatic carbocycles. The van der Waals surface area contributed by atoms with Gasteiger partial charge >= 0.3 is 0 Å². The first-order valence-corrected chi connectivity index (χ1v) is 10.7. The lowest BCUT2D eigenvalue weighted by Gasteiger charge is -2.19. The van der Waals surface area contributed by atoms with Crippen LogP contribution in [0.4, 0.5) is 0 Å². The van der Waals surface area contributed by atoms with Crippen LogP contribution in [-0.4, -0.2) is 25.5 Å². The zero-order chi connectivity index (χ0) is 14.8. The second-order valence-corrected chi connectivity index (χ2v) is 10.4. The molecular weight excluding hydrogens is 380 g/mol. The van der Waals surface area contributed by atoms with E-state index in [1.54, 1.807) is 6.07 Å². The van der Waals surface area contributed by atoms with Gasteiger partial charge < -0.3 is 5.73 Å². The summed E-state index contributed by atoms with van der Waals surface area (Å²) in [5, 5.41) is 0.390. The van der Waals surface area contributed by atoms with Gasteiger partial charge in [0.2, 0.25) is 10.0 Å². The Morgan fingerprint density at radius 3 is 2.90 bits per heavy atom. The van der Waals surface area contributed by atoms with Crippen molar-refractivity contribution in [3.63, 3.8) is 0 Å². The first kappa shape index (κ1) is 16.8. The van der Waals surface area contributed by atoms with Crippen LogP contribution in [-0.2, 0) is 16.6 Å². The molecule has 114 valence electrons. The number of thiophene rings is 1. The SMILES string of the molecule is CCSC1CCCC1NS(=O)(=O)c1cc(CN)sc1Br. The Kier molecular flexibility index (Phi) is 5.96. The Labute approximate surface area is 137 Å². The minimum absolute atomic E-state index is 0.0399. The van der Waals surface area contributed by atoms with Gasteiger partial charge in [0.25, 0.3) is 0 Å². The van der Waals surface area contributed by atoms with Crippen molar-refractivity contribution in [3.8, 4) is 0 Å². The van der Waals surface area contributed by atoms with Gasteiger partial charge in [-0.3, -0.25) is 0 Å². The monoisotopic (exact) mass is 398 g/mol. The highest BCUT2D eigenvalue weighted by Crippen LogP contribution is 2.34. The largest absolute Gasteiger partial charge is 0.326 e. The van der Waals surface area contributed by atoms with Crippen LogP contribution < -0.4 is 10.5 Å². The van der Waals surface area contributed by atoms with Crippen LogP contribution in [0.3, 0.4) is 0 Å². The van der Waals surface area contributed by atoms with Crippen molar-refractivity contribution in [3.05, 3.63) is 14.7 Å². The molecule has 0 spiro atoms. The maximum absolute atomic E-state index is 12.5. The average molecular weight is 399 g/mol. The molecule has 1 aliphatic rings. The van der Waals surface area contributed by atoms with Gasteiger partial charge in [0.1, 0.15) is 4.90 Å². The molecule has 2 unspecified atom stereocenters. The molecule has 0 bridgehead atoms. The number of thioether (sulfide) groups is 1. The molecule has 3 N–H and O–H groups in total. The molecule has 2 atom stereocenters.